The van der Waals surface area contributed by atoms with E-state index >= 15 is 0 Å². The lowest BCUT2D eigenvalue weighted by Gasteiger charge is -2.26. The maximum Gasteiger partial charge on any atom is 0.328 e. The van der Waals surface area contributed by atoms with Crippen LogP contribution < -0.4 is 11.0 Å². The van der Waals surface area contributed by atoms with Gasteiger partial charge in [0, 0.05) is 51.9 Å². The number of carbonyl (C=O) groups is 1. The van der Waals surface area contributed by atoms with E-state index in [4.69, 9.17) is 0 Å². The van der Waals surface area contributed by atoms with Gasteiger partial charge in [0.25, 0.3) is 5.91 Å². The van der Waals surface area contributed by atoms with E-state index in [0.717, 1.165) is 53.2 Å². The lowest BCUT2D eigenvalue weighted by molar-refractivity contribution is 0.0717. The summed E-state index contributed by atoms with van der Waals surface area (Å²) in [4.78, 5) is 32.7. The van der Waals surface area contributed by atoms with E-state index in [0.29, 0.717) is 18.8 Å². The maximum atomic E-state index is 13.1. The molecular weight excluding hydrogens is 412 g/mol. The molecule has 1 aromatic carbocycles. The van der Waals surface area contributed by atoms with Crippen LogP contribution in [0.2, 0.25) is 0 Å². The highest BCUT2D eigenvalue weighted by atomic mass is 32.1. The fourth-order valence-electron chi connectivity index (χ4n) is 4.41. The summed E-state index contributed by atoms with van der Waals surface area (Å²) in [6, 6.07) is 6.06. The number of hydrogen-bond donors (Lipinski definition) is 1. The fraction of sp³-hybridized carbons (Fsp3) is 0.409. The van der Waals surface area contributed by atoms with Gasteiger partial charge in [-0.05, 0) is 37.0 Å². The molecule has 0 bridgehead atoms. The molecule has 0 radical (unpaired) electrons. The van der Waals surface area contributed by atoms with Gasteiger partial charge in [0.15, 0.2) is 10.7 Å². The van der Waals surface area contributed by atoms with Gasteiger partial charge < -0.3 is 10.2 Å². The van der Waals surface area contributed by atoms with Gasteiger partial charge in [0.05, 0.1) is 16.7 Å². The molecule has 0 aliphatic carbocycles. The second kappa shape index (κ2) is 7.97. The van der Waals surface area contributed by atoms with Crippen molar-refractivity contribution in [1.82, 2.24) is 28.7 Å². The molecule has 1 amide bonds. The van der Waals surface area contributed by atoms with Crippen LogP contribution in [-0.2, 0) is 27.2 Å². The lowest BCUT2D eigenvalue weighted by Crippen LogP contribution is -2.36. The summed E-state index contributed by atoms with van der Waals surface area (Å²) in [6.07, 6.45) is 5.29. The third kappa shape index (κ3) is 3.47. The Bertz CT molecular complexity index is 1320. The number of piperidine rings is 1. The van der Waals surface area contributed by atoms with Gasteiger partial charge in [-0.1, -0.05) is 6.07 Å². The summed E-state index contributed by atoms with van der Waals surface area (Å²) in [5, 5.41) is 5.46. The standard InChI is InChI=1S/C22H26N6O2S/c1-25-16-7-6-15(12-17(16)26(2)22(25)30)13-23-14-18-19(24-21-28(18)10-11-31-21)20(29)27-8-4-3-5-9-27/h6-7,10-12,23H,3-5,8-9,13-14H2,1-2H3. The molecule has 1 saturated heterocycles. The van der Waals surface area contributed by atoms with Crippen molar-refractivity contribution < 1.29 is 4.79 Å². The van der Waals surface area contributed by atoms with Crippen molar-refractivity contribution in [3.63, 3.8) is 0 Å². The fourth-order valence-corrected chi connectivity index (χ4v) is 5.14. The molecule has 0 saturated carbocycles. The number of aryl methyl sites for hydroxylation is 2. The number of imidazole rings is 2. The van der Waals surface area contributed by atoms with E-state index in [2.05, 4.69) is 10.3 Å². The Hall–Kier alpha value is -2.91. The Balaban J connectivity index is 1.36. The number of thiazole rings is 1. The second-order valence-electron chi connectivity index (χ2n) is 8.14. The first-order valence-electron chi connectivity index (χ1n) is 10.6. The van der Waals surface area contributed by atoms with Crippen LogP contribution in [0.25, 0.3) is 16.0 Å². The largest absolute Gasteiger partial charge is 0.337 e. The number of benzene rings is 1. The molecule has 0 unspecified atom stereocenters. The minimum Gasteiger partial charge on any atom is -0.337 e. The Morgan fingerprint density at radius 2 is 1.87 bits per heavy atom. The molecule has 3 aromatic heterocycles. The van der Waals surface area contributed by atoms with Crippen molar-refractivity contribution in [3.05, 3.63) is 57.2 Å². The number of likely N-dealkylation sites (tertiary alicyclic amines) is 1. The number of hydrogen-bond acceptors (Lipinski definition) is 5. The summed E-state index contributed by atoms with van der Waals surface area (Å²) in [5.41, 5.74) is 4.35. The number of nitrogens with zero attached hydrogens (tertiary/aromatic N) is 5. The topological polar surface area (TPSA) is 76.6 Å². The van der Waals surface area contributed by atoms with Crippen LogP contribution in [0, 0.1) is 0 Å². The number of rotatable bonds is 5. The van der Waals surface area contributed by atoms with E-state index in [1.165, 1.54) is 6.42 Å². The quantitative estimate of drug-likeness (QED) is 0.519. The molecule has 0 spiro atoms. The number of carbonyl (C=O) groups excluding carboxylic acids is 1. The van der Waals surface area contributed by atoms with Gasteiger partial charge in [0.2, 0.25) is 0 Å². The molecule has 4 aromatic rings. The SMILES string of the molecule is Cn1c(=O)n(C)c2cc(CNCc3c(C(=O)N4CCCCC4)nc4sccn34)ccc21. The third-order valence-corrected chi connectivity index (χ3v) is 6.92. The zero-order valence-electron chi connectivity index (χ0n) is 17.8. The average Bonchev–Trinajstić information content (AvgIpc) is 3.45. The van der Waals surface area contributed by atoms with Gasteiger partial charge in [-0.25, -0.2) is 9.78 Å². The van der Waals surface area contributed by atoms with Crippen molar-refractivity contribution in [1.29, 1.82) is 0 Å². The van der Waals surface area contributed by atoms with Crippen LogP contribution in [-0.4, -0.2) is 42.4 Å². The molecule has 0 atom stereocenters. The number of aromatic nitrogens is 4. The minimum atomic E-state index is -0.0277. The second-order valence-corrected chi connectivity index (χ2v) is 9.02. The summed E-state index contributed by atoms with van der Waals surface area (Å²) >= 11 is 1.54. The first-order chi connectivity index (χ1) is 15.0. The van der Waals surface area contributed by atoms with E-state index in [1.807, 2.05) is 39.1 Å². The van der Waals surface area contributed by atoms with Crippen molar-refractivity contribution in [2.75, 3.05) is 13.1 Å². The molecule has 1 N–H and O–H groups in total. The van der Waals surface area contributed by atoms with Crippen molar-refractivity contribution in [2.24, 2.45) is 14.1 Å². The van der Waals surface area contributed by atoms with Crippen LogP contribution in [0.15, 0.2) is 34.6 Å². The molecule has 162 valence electrons. The van der Waals surface area contributed by atoms with Gasteiger partial charge >= 0.3 is 5.69 Å². The third-order valence-electron chi connectivity index (χ3n) is 6.16. The molecule has 8 nitrogen and oxygen atoms in total. The molecule has 5 rings (SSSR count). The summed E-state index contributed by atoms with van der Waals surface area (Å²) in [6.45, 7) is 2.80. The van der Waals surface area contributed by atoms with Gasteiger partial charge in [-0.15, -0.1) is 11.3 Å². The summed E-state index contributed by atoms with van der Waals surface area (Å²) in [5.74, 6) is 0.0353. The molecular formula is C22H26N6O2S. The van der Waals surface area contributed by atoms with Gasteiger partial charge in [0.1, 0.15) is 0 Å². The van der Waals surface area contributed by atoms with Crippen LogP contribution in [0.1, 0.15) is 41.0 Å². The van der Waals surface area contributed by atoms with E-state index in [9.17, 15) is 9.59 Å². The van der Waals surface area contributed by atoms with Crippen LogP contribution >= 0.6 is 11.3 Å². The number of nitrogens with one attached hydrogen (secondary N) is 1. The monoisotopic (exact) mass is 438 g/mol. The highest BCUT2D eigenvalue weighted by molar-refractivity contribution is 7.15. The van der Waals surface area contributed by atoms with Gasteiger partial charge in [-0.3, -0.25) is 18.3 Å². The van der Waals surface area contributed by atoms with Crippen LogP contribution in [0.5, 0.6) is 0 Å². The molecule has 1 aliphatic rings. The Labute approximate surface area is 183 Å². The summed E-state index contributed by atoms with van der Waals surface area (Å²) in [7, 11) is 3.58. The zero-order valence-corrected chi connectivity index (χ0v) is 18.6. The van der Waals surface area contributed by atoms with E-state index < -0.39 is 0 Å². The van der Waals surface area contributed by atoms with Gasteiger partial charge in [-0.2, -0.15) is 0 Å². The average molecular weight is 439 g/mol. The van der Waals surface area contributed by atoms with Crippen LogP contribution in [0.3, 0.4) is 0 Å². The van der Waals surface area contributed by atoms with Crippen molar-refractivity contribution in [2.45, 2.75) is 32.4 Å². The molecule has 9 heteroatoms. The zero-order chi connectivity index (χ0) is 21.5. The molecule has 1 aliphatic heterocycles. The smallest absolute Gasteiger partial charge is 0.328 e. The molecule has 4 heterocycles. The minimum absolute atomic E-state index is 0.0277. The number of amides is 1. The first-order valence-corrected chi connectivity index (χ1v) is 11.5. The Morgan fingerprint density at radius 1 is 1.10 bits per heavy atom. The summed E-state index contributed by atoms with van der Waals surface area (Å²) < 4.78 is 5.34. The Kier molecular flexibility index (Phi) is 5.15. The predicted octanol–water partition coefficient (Wildman–Crippen LogP) is 2.50. The Morgan fingerprint density at radius 3 is 2.68 bits per heavy atom. The lowest BCUT2D eigenvalue weighted by atomic mass is 10.1. The van der Waals surface area contributed by atoms with Crippen molar-refractivity contribution in [3.8, 4) is 0 Å². The first kappa shape index (κ1) is 20.0. The van der Waals surface area contributed by atoms with Crippen LogP contribution in [0.4, 0.5) is 0 Å². The van der Waals surface area contributed by atoms with E-state index in [1.54, 1.807) is 34.6 Å². The predicted molar refractivity (Wildman–Crippen MR) is 122 cm³/mol. The molecule has 31 heavy (non-hydrogen) atoms. The highest BCUT2D eigenvalue weighted by Gasteiger charge is 2.25. The molecule has 1 fully saturated rings. The maximum absolute atomic E-state index is 13.1. The number of fused-ring (bicyclic) bond motifs is 2. The van der Waals surface area contributed by atoms with Crippen molar-refractivity contribution >= 4 is 33.2 Å². The highest BCUT2D eigenvalue weighted by Crippen LogP contribution is 2.21. The van der Waals surface area contributed by atoms with E-state index in [-0.39, 0.29) is 11.6 Å². The normalized spacial score (nSPS) is 14.7.